The lowest BCUT2D eigenvalue weighted by molar-refractivity contribution is 0.0913. The maximum absolute atomic E-state index is 12.0. The molecular formula is C13H19NO. The summed E-state index contributed by atoms with van der Waals surface area (Å²) in [4.78, 5) is 12.0. The Hall–Kier alpha value is -1.31. The van der Waals surface area contributed by atoms with Gasteiger partial charge in [0.1, 0.15) is 0 Å². The molecule has 2 heteroatoms. The van der Waals surface area contributed by atoms with Gasteiger partial charge in [0.2, 0.25) is 0 Å². The van der Waals surface area contributed by atoms with Crippen molar-refractivity contribution >= 4 is 11.5 Å². The van der Waals surface area contributed by atoms with E-state index in [0.29, 0.717) is 5.69 Å². The average molecular weight is 205 g/mol. The number of hydrogen-bond acceptors (Lipinski definition) is 2. The fourth-order valence-corrected chi connectivity index (χ4v) is 1.69. The van der Waals surface area contributed by atoms with Crippen molar-refractivity contribution in [1.82, 2.24) is 0 Å². The fourth-order valence-electron chi connectivity index (χ4n) is 1.69. The van der Waals surface area contributed by atoms with Gasteiger partial charge in [0.05, 0.1) is 0 Å². The standard InChI is InChI=1S/C13H19NO/c1-4-10(5-2)13(15)11-7-6-9(3)12(14)8-11/h6-8,10H,4-5,14H2,1-3H3. The minimum Gasteiger partial charge on any atom is -0.398 e. The molecular weight excluding hydrogens is 186 g/mol. The molecule has 1 aromatic carbocycles. The molecule has 1 rings (SSSR count). The Kier molecular flexibility index (Phi) is 3.89. The summed E-state index contributed by atoms with van der Waals surface area (Å²) in [5, 5.41) is 0. The second kappa shape index (κ2) is 4.96. The molecule has 0 fully saturated rings. The van der Waals surface area contributed by atoms with E-state index in [2.05, 4.69) is 0 Å². The molecule has 0 amide bonds. The molecule has 0 saturated carbocycles. The molecule has 0 aromatic heterocycles. The number of benzene rings is 1. The fraction of sp³-hybridized carbons (Fsp3) is 0.462. The van der Waals surface area contributed by atoms with Gasteiger partial charge in [0, 0.05) is 17.2 Å². The normalized spacial score (nSPS) is 10.7. The maximum atomic E-state index is 12.0. The van der Waals surface area contributed by atoms with E-state index in [1.165, 1.54) is 0 Å². The van der Waals surface area contributed by atoms with Gasteiger partial charge < -0.3 is 5.73 Å². The van der Waals surface area contributed by atoms with Crippen molar-refractivity contribution in [3.8, 4) is 0 Å². The second-order valence-electron chi connectivity index (χ2n) is 3.95. The van der Waals surface area contributed by atoms with Crippen LogP contribution in [-0.4, -0.2) is 5.78 Å². The number of carbonyl (C=O) groups excluding carboxylic acids is 1. The van der Waals surface area contributed by atoms with E-state index < -0.39 is 0 Å². The van der Waals surface area contributed by atoms with Crippen LogP contribution in [-0.2, 0) is 0 Å². The second-order valence-corrected chi connectivity index (χ2v) is 3.95. The smallest absolute Gasteiger partial charge is 0.165 e. The molecule has 0 heterocycles. The summed E-state index contributed by atoms with van der Waals surface area (Å²) < 4.78 is 0. The van der Waals surface area contributed by atoms with Gasteiger partial charge >= 0.3 is 0 Å². The lowest BCUT2D eigenvalue weighted by atomic mass is 9.92. The first kappa shape index (κ1) is 11.8. The number of hydrogen-bond donors (Lipinski definition) is 1. The van der Waals surface area contributed by atoms with Gasteiger partial charge in [-0.3, -0.25) is 4.79 Å². The van der Waals surface area contributed by atoms with Crippen molar-refractivity contribution < 1.29 is 4.79 Å². The quantitative estimate of drug-likeness (QED) is 0.606. The van der Waals surface area contributed by atoms with Gasteiger partial charge in [-0.05, 0) is 31.4 Å². The summed E-state index contributed by atoms with van der Waals surface area (Å²) in [6.45, 7) is 6.04. The highest BCUT2D eigenvalue weighted by Crippen LogP contribution is 2.19. The van der Waals surface area contributed by atoms with E-state index in [0.717, 1.165) is 24.0 Å². The number of ketones is 1. The van der Waals surface area contributed by atoms with Crippen LogP contribution in [0.25, 0.3) is 0 Å². The molecule has 82 valence electrons. The third kappa shape index (κ3) is 2.58. The van der Waals surface area contributed by atoms with Crippen molar-refractivity contribution in [3.05, 3.63) is 29.3 Å². The van der Waals surface area contributed by atoms with Crippen LogP contribution in [0.4, 0.5) is 5.69 Å². The number of anilines is 1. The van der Waals surface area contributed by atoms with Crippen LogP contribution in [0.15, 0.2) is 18.2 Å². The lowest BCUT2D eigenvalue weighted by Crippen LogP contribution is -2.13. The molecule has 1 aromatic rings. The first-order chi connectivity index (χ1) is 7.10. The predicted molar refractivity (Wildman–Crippen MR) is 64.0 cm³/mol. The Morgan fingerprint density at radius 2 is 1.93 bits per heavy atom. The molecule has 0 aliphatic rings. The first-order valence-corrected chi connectivity index (χ1v) is 5.50. The van der Waals surface area contributed by atoms with Crippen LogP contribution in [0.1, 0.15) is 42.6 Å². The SMILES string of the molecule is CCC(CC)C(=O)c1ccc(C)c(N)c1. The minimum absolute atomic E-state index is 0.132. The Bertz CT molecular complexity index is 354. The van der Waals surface area contributed by atoms with E-state index in [-0.39, 0.29) is 11.7 Å². The van der Waals surface area contributed by atoms with Gasteiger partial charge in [0.15, 0.2) is 5.78 Å². The van der Waals surface area contributed by atoms with Crippen molar-refractivity contribution in [2.24, 2.45) is 5.92 Å². The van der Waals surface area contributed by atoms with Gasteiger partial charge in [-0.15, -0.1) is 0 Å². The topological polar surface area (TPSA) is 43.1 Å². The number of nitrogens with two attached hydrogens (primary N) is 1. The van der Waals surface area contributed by atoms with Crippen molar-refractivity contribution in [2.75, 3.05) is 5.73 Å². The van der Waals surface area contributed by atoms with Crippen LogP contribution < -0.4 is 5.73 Å². The van der Waals surface area contributed by atoms with Gasteiger partial charge in [-0.2, -0.15) is 0 Å². The van der Waals surface area contributed by atoms with Crippen molar-refractivity contribution in [3.63, 3.8) is 0 Å². The molecule has 0 radical (unpaired) electrons. The molecule has 0 spiro atoms. The van der Waals surface area contributed by atoms with E-state index >= 15 is 0 Å². The molecule has 2 N–H and O–H groups in total. The summed E-state index contributed by atoms with van der Waals surface area (Å²) >= 11 is 0. The van der Waals surface area contributed by atoms with Crippen LogP contribution in [0, 0.1) is 12.8 Å². The molecule has 0 unspecified atom stereocenters. The van der Waals surface area contributed by atoms with E-state index in [4.69, 9.17) is 5.73 Å². The Labute approximate surface area is 91.5 Å². The summed E-state index contributed by atoms with van der Waals surface area (Å²) in [5.74, 6) is 0.346. The van der Waals surface area contributed by atoms with Crippen LogP contribution >= 0.6 is 0 Å². The Morgan fingerprint density at radius 3 is 2.40 bits per heavy atom. The van der Waals surface area contributed by atoms with Crippen LogP contribution in [0.2, 0.25) is 0 Å². The van der Waals surface area contributed by atoms with Crippen LogP contribution in [0.3, 0.4) is 0 Å². The lowest BCUT2D eigenvalue weighted by Gasteiger charge is -2.11. The van der Waals surface area contributed by atoms with Gasteiger partial charge in [0.25, 0.3) is 0 Å². The highest BCUT2D eigenvalue weighted by Gasteiger charge is 2.16. The zero-order chi connectivity index (χ0) is 11.4. The third-order valence-electron chi connectivity index (χ3n) is 2.92. The monoisotopic (exact) mass is 205 g/mol. The third-order valence-corrected chi connectivity index (χ3v) is 2.92. The molecule has 0 atom stereocenters. The highest BCUT2D eigenvalue weighted by molar-refractivity contribution is 5.98. The molecule has 15 heavy (non-hydrogen) atoms. The number of rotatable bonds is 4. The van der Waals surface area contributed by atoms with Crippen LogP contribution in [0.5, 0.6) is 0 Å². The van der Waals surface area contributed by atoms with Gasteiger partial charge in [-0.25, -0.2) is 0 Å². The summed E-state index contributed by atoms with van der Waals surface area (Å²) in [6, 6.07) is 5.56. The number of Topliss-reactive ketones (excluding diaryl/α,β-unsaturated/α-hetero) is 1. The highest BCUT2D eigenvalue weighted by atomic mass is 16.1. The molecule has 0 aliphatic heterocycles. The predicted octanol–water partition coefficient (Wildman–Crippen LogP) is 3.20. The summed E-state index contributed by atoms with van der Waals surface area (Å²) in [5.41, 5.74) is 8.26. The molecule has 0 bridgehead atoms. The number of nitrogen functional groups attached to an aromatic ring is 1. The number of aryl methyl sites for hydroxylation is 1. The van der Waals surface area contributed by atoms with E-state index in [1.54, 1.807) is 6.07 Å². The zero-order valence-corrected chi connectivity index (χ0v) is 9.71. The van der Waals surface area contributed by atoms with E-state index in [9.17, 15) is 4.79 Å². The summed E-state index contributed by atoms with van der Waals surface area (Å²) in [7, 11) is 0. The minimum atomic E-state index is 0.132. The molecule has 0 saturated heterocycles. The zero-order valence-electron chi connectivity index (χ0n) is 9.71. The van der Waals surface area contributed by atoms with Gasteiger partial charge in [-0.1, -0.05) is 26.0 Å². The first-order valence-electron chi connectivity index (χ1n) is 5.50. The number of carbonyl (C=O) groups is 1. The van der Waals surface area contributed by atoms with E-state index in [1.807, 2.05) is 32.9 Å². The Balaban J connectivity index is 2.96. The molecule has 2 nitrogen and oxygen atoms in total. The Morgan fingerprint density at radius 1 is 1.33 bits per heavy atom. The molecule has 0 aliphatic carbocycles. The average Bonchev–Trinajstić information content (AvgIpc) is 2.23. The van der Waals surface area contributed by atoms with Crippen molar-refractivity contribution in [1.29, 1.82) is 0 Å². The largest absolute Gasteiger partial charge is 0.398 e. The summed E-state index contributed by atoms with van der Waals surface area (Å²) in [6.07, 6.45) is 1.78. The maximum Gasteiger partial charge on any atom is 0.165 e. The van der Waals surface area contributed by atoms with Crippen molar-refractivity contribution in [2.45, 2.75) is 33.6 Å².